The van der Waals surface area contributed by atoms with Gasteiger partial charge >= 0.3 is 0 Å². The van der Waals surface area contributed by atoms with Crippen LogP contribution in [0.4, 0.5) is 0 Å². The van der Waals surface area contributed by atoms with E-state index in [2.05, 4.69) is 0 Å². The Morgan fingerprint density at radius 3 is 1.89 bits per heavy atom. The van der Waals surface area contributed by atoms with E-state index >= 15 is 0 Å². The molecule has 0 aliphatic heterocycles. The second-order valence-electron chi connectivity index (χ2n) is 2.51. The zero-order valence-corrected chi connectivity index (χ0v) is 6.17. The van der Waals surface area contributed by atoms with Gasteiger partial charge in [-0.2, -0.15) is 0 Å². The van der Waals surface area contributed by atoms with Gasteiger partial charge in [0.2, 0.25) is 0 Å². The van der Waals surface area contributed by atoms with E-state index in [0.29, 0.717) is 0 Å². The van der Waals surface area contributed by atoms with Crippen molar-refractivity contribution in [2.24, 2.45) is 11.8 Å². The highest BCUT2D eigenvalue weighted by molar-refractivity contribution is 4.61. The normalized spacial score (nSPS) is 17.3. The molecule has 0 aromatic heterocycles. The van der Waals surface area contributed by atoms with Crippen molar-refractivity contribution in [1.82, 2.24) is 0 Å². The molecule has 56 valence electrons. The highest BCUT2D eigenvalue weighted by atomic mass is 16.3. The maximum Gasteiger partial charge on any atom is 0.0462 e. The summed E-state index contributed by atoms with van der Waals surface area (Å²) in [6.45, 7) is 4.34. The largest absolute Gasteiger partial charge is 0.396 e. The van der Waals surface area contributed by atoms with E-state index < -0.39 is 0 Å². The molecule has 2 N–H and O–H groups in total. The molecule has 0 amide bonds. The first kappa shape index (κ1) is 8.92. The molecule has 0 spiro atoms. The summed E-state index contributed by atoms with van der Waals surface area (Å²) in [6, 6.07) is 0. The molecule has 0 aliphatic carbocycles. The fourth-order valence-corrected chi connectivity index (χ4v) is 0.860. The van der Waals surface area contributed by atoms with Crippen LogP contribution in [0.3, 0.4) is 0 Å². The van der Waals surface area contributed by atoms with Crippen LogP contribution in [0.15, 0.2) is 0 Å². The molecule has 2 heteroatoms. The molecule has 0 bridgehead atoms. The predicted octanol–water partition coefficient (Wildman–Crippen LogP) is 0.633. The number of hydrogen-bond acceptors (Lipinski definition) is 2. The lowest BCUT2D eigenvalue weighted by Crippen LogP contribution is -2.17. The van der Waals surface area contributed by atoms with Crippen molar-refractivity contribution in [3.63, 3.8) is 0 Å². The number of rotatable bonds is 4. The Morgan fingerprint density at radius 1 is 1.22 bits per heavy atom. The van der Waals surface area contributed by atoms with Crippen LogP contribution in [0, 0.1) is 11.8 Å². The smallest absolute Gasteiger partial charge is 0.0462 e. The van der Waals surface area contributed by atoms with Crippen LogP contribution in [0.5, 0.6) is 0 Å². The highest BCUT2D eigenvalue weighted by Crippen LogP contribution is 2.12. The first-order valence-electron chi connectivity index (χ1n) is 3.47. The maximum atomic E-state index is 8.72. The van der Waals surface area contributed by atoms with Crippen LogP contribution in [-0.4, -0.2) is 23.4 Å². The minimum atomic E-state index is 0.180. The van der Waals surface area contributed by atoms with Crippen molar-refractivity contribution in [3.05, 3.63) is 0 Å². The molecule has 0 heterocycles. The van der Waals surface area contributed by atoms with Gasteiger partial charge in [0, 0.05) is 13.2 Å². The molecule has 9 heavy (non-hydrogen) atoms. The fourth-order valence-electron chi connectivity index (χ4n) is 0.860. The Hall–Kier alpha value is -0.0800. The van der Waals surface area contributed by atoms with Gasteiger partial charge in [-0.1, -0.05) is 20.3 Å². The van der Waals surface area contributed by atoms with Gasteiger partial charge in [0.05, 0.1) is 0 Å². The Labute approximate surface area is 56.5 Å². The third-order valence-electron chi connectivity index (χ3n) is 1.85. The highest BCUT2D eigenvalue weighted by Gasteiger charge is 2.12. The quantitative estimate of drug-likeness (QED) is 0.589. The van der Waals surface area contributed by atoms with E-state index in [9.17, 15) is 0 Å². The van der Waals surface area contributed by atoms with Gasteiger partial charge in [-0.25, -0.2) is 0 Å². The van der Waals surface area contributed by atoms with Crippen LogP contribution in [0.2, 0.25) is 0 Å². The van der Waals surface area contributed by atoms with Crippen molar-refractivity contribution < 1.29 is 10.2 Å². The van der Waals surface area contributed by atoms with Crippen LogP contribution < -0.4 is 0 Å². The summed E-state index contributed by atoms with van der Waals surface area (Å²) in [6.07, 6.45) is 0.943. The van der Waals surface area contributed by atoms with Crippen LogP contribution in [0.1, 0.15) is 20.3 Å². The third-order valence-corrected chi connectivity index (χ3v) is 1.85. The Balaban J connectivity index is 3.50. The summed E-state index contributed by atoms with van der Waals surface area (Å²) in [7, 11) is 0. The predicted molar refractivity (Wildman–Crippen MR) is 37.1 cm³/mol. The van der Waals surface area contributed by atoms with E-state index in [1.54, 1.807) is 0 Å². The van der Waals surface area contributed by atoms with Gasteiger partial charge < -0.3 is 10.2 Å². The second-order valence-corrected chi connectivity index (χ2v) is 2.51. The molecule has 0 aliphatic rings. The number of hydrogen-bond donors (Lipinski definition) is 2. The number of aliphatic hydroxyl groups is 2. The molecule has 0 rings (SSSR count). The molecule has 0 saturated carbocycles. The van der Waals surface area contributed by atoms with Crippen molar-refractivity contribution in [3.8, 4) is 0 Å². The monoisotopic (exact) mass is 132 g/mol. The van der Waals surface area contributed by atoms with Crippen LogP contribution >= 0.6 is 0 Å². The third kappa shape index (κ3) is 2.82. The lowest BCUT2D eigenvalue weighted by atomic mass is 9.93. The average Bonchev–Trinajstić information content (AvgIpc) is 1.90. The maximum absolute atomic E-state index is 8.72. The van der Waals surface area contributed by atoms with Gasteiger partial charge in [-0.3, -0.25) is 0 Å². The molecule has 2 atom stereocenters. The van der Waals surface area contributed by atoms with Crippen LogP contribution in [0.25, 0.3) is 0 Å². The van der Waals surface area contributed by atoms with Crippen molar-refractivity contribution >= 4 is 0 Å². The Bertz CT molecular complexity index is 59.9. The molecular formula is C7H16O2. The molecule has 0 saturated heterocycles. The minimum Gasteiger partial charge on any atom is -0.396 e. The molecule has 0 aromatic rings. The van der Waals surface area contributed by atoms with E-state index in [1.165, 1.54) is 0 Å². The van der Waals surface area contributed by atoms with Crippen LogP contribution in [-0.2, 0) is 0 Å². The summed E-state index contributed by atoms with van der Waals surface area (Å²) in [5, 5.41) is 17.4. The van der Waals surface area contributed by atoms with Gasteiger partial charge in [0.1, 0.15) is 0 Å². The fraction of sp³-hybridized carbons (Fsp3) is 1.00. The molecule has 0 radical (unpaired) electrons. The standard InChI is InChI=1S/C7H16O2/c1-3-7(5-9)6(2)4-8/h6-9H,3-5H2,1-2H3/t6-,7-/m0/s1. The molecule has 0 fully saturated rings. The first-order valence-corrected chi connectivity index (χ1v) is 3.47. The molecular weight excluding hydrogens is 116 g/mol. The SMILES string of the molecule is CC[C@@H](CO)[C@@H](C)CO. The van der Waals surface area contributed by atoms with E-state index in [0.717, 1.165) is 6.42 Å². The minimum absolute atomic E-state index is 0.180. The first-order chi connectivity index (χ1) is 4.26. The van der Waals surface area contributed by atoms with E-state index in [-0.39, 0.29) is 25.0 Å². The van der Waals surface area contributed by atoms with E-state index in [1.807, 2.05) is 13.8 Å². The summed E-state index contributed by atoms with van der Waals surface area (Å²) in [5.74, 6) is 0.509. The molecule has 0 aromatic carbocycles. The van der Waals surface area contributed by atoms with Gasteiger partial charge in [0.15, 0.2) is 0 Å². The summed E-state index contributed by atoms with van der Waals surface area (Å²) in [5.41, 5.74) is 0. The topological polar surface area (TPSA) is 40.5 Å². The van der Waals surface area contributed by atoms with Crippen molar-refractivity contribution in [2.75, 3.05) is 13.2 Å². The summed E-state index contributed by atoms with van der Waals surface area (Å²) < 4.78 is 0. The second kappa shape index (κ2) is 4.77. The lowest BCUT2D eigenvalue weighted by Gasteiger charge is -2.17. The zero-order chi connectivity index (χ0) is 7.28. The molecule has 0 unspecified atom stereocenters. The Morgan fingerprint density at radius 2 is 1.78 bits per heavy atom. The molecule has 2 nitrogen and oxygen atoms in total. The van der Waals surface area contributed by atoms with Gasteiger partial charge in [0.25, 0.3) is 0 Å². The van der Waals surface area contributed by atoms with Crippen molar-refractivity contribution in [1.29, 1.82) is 0 Å². The van der Waals surface area contributed by atoms with Crippen molar-refractivity contribution in [2.45, 2.75) is 20.3 Å². The number of aliphatic hydroxyl groups excluding tert-OH is 2. The van der Waals surface area contributed by atoms with Gasteiger partial charge in [-0.15, -0.1) is 0 Å². The zero-order valence-electron chi connectivity index (χ0n) is 6.17. The average molecular weight is 132 g/mol. The Kier molecular flexibility index (Phi) is 4.72. The van der Waals surface area contributed by atoms with Gasteiger partial charge in [-0.05, 0) is 11.8 Å². The lowest BCUT2D eigenvalue weighted by molar-refractivity contribution is 0.127. The van der Waals surface area contributed by atoms with E-state index in [4.69, 9.17) is 10.2 Å². The summed E-state index contributed by atoms with van der Waals surface area (Å²) >= 11 is 0. The summed E-state index contributed by atoms with van der Waals surface area (Å²) in [4.78, 5) is 0.